The standard InChI is InChI=1S/C30H37N5O3Si/c1-29(2,3)39(5,6)38-19-23-10-7-11-26(32-23)35-25-17-21(12-13-22(25)18-31-35)24-15-14-20-9-8-16-30(4,27(20)33-24)34-28(36)37/h7,10-15,17-18,34H,8-9,16,19H2,1-6H3,(H,36,37). The number of aryl methyl sites for hydroxylation is 1. The third-order valence-corrected chi connectivity index (χ3v) is 12.7. The first kappa shape index (κ1) is 27.0. The van der Waals surface area contributed by atoms with Crippen LogP contribution in [0.15, 0.2) is 54.7 Å². The molecule has 0 saturated carbocycles. The molecule has 2 N–H and O–H groups in total. The predicted molar refractivity (Wildman–Crippen MR) is 156 cm³/mol. The Labute approximate surface area is 230 Å². The Balaban J connectivity index is 1.48. The van der Waals surface area contributed by atoms with Crippen molar-refractivity contribution in [3.05, 3.63) is 71.7 Å². The Morgan fingerprint density at radius 3 is 2.69 bits per heavy atom. The van der Waals surface area contributed by atoms with Gasteiger partial charge in [0.2, 0.25) is 0 Å². The summed E-state index contributed by atoms with van der Waals surface area (Å²) in [7, 11) is -1.90. The first-order chi connectivity index (χ1) is 18.4. The second-order valence-electron chi connectivity index (χ2n) is 12.2. The van der Waals surface area contributed by atoms with Gasteiger partial charge < -0.3 is 14.8 Å². The molecule has 204 valence electrons. The van der Waals surface area contributed by atoms with Crippen LogP contribution in [0.4, 0.5) is 4.79 Å². The van der Waals surface area contributed by atoms with E-state index in [9.17, 15) is 9.90 Å². The molecule has 0 fully saturated rings. The van der Waals surface area contributed by atoms with Crippen LogP contribution in [0.25, 0.3) is 28.0 Å². The molecule has 1 atom stereocenters. The topological polar surface area (TPSA) is 102 Å². The summed E-state index contributed by atoms with van der Waals surface area (Å²) in [6.45, 7) is 13.6. The molecule has 3 aromatic heterocycles. The number of nitrogens with zero attached hydrogens (tertiary/aromatic N) is 4. The summed E-state index contributed by atoms with van der Waals surface area (Å²) >= 11 is 0. The summed E-state index contributed by atoms with van der Waals surface area (Å²) in [6.07, 6.45) is 3.34. The quantitative estimate of drug-likeness (QED) is 0.259. The SMILES string of the molecule is CC1(NC(=O)O)CCCc2ccc(-c3ccc4cnn(-c5cccc(CO[Si](C)(C)C(C)(C)C)n5)c4c3)nc21. The third kappa shape index (κ3) is 5.33. The van der Waals surface area contributed by atoms with Crippen molar-refractivity contribution in [1.82, 2.24) is 25.1 Å². The molecule has 0 aliphatic heterocycles. The van der Waals surface area contributed by atoms with Crippen LogP contribution in [-0.2, 0) is 23.0 Å². The second-order valence-corrected chi connectivity index (χ2v) is 17.0. The summed E-state index contributed by atoms with van der Waals surface area (Å²) < 4.78 is 8.25. The minimum Gasteiger partial charge on any atom is -0.465 e. The zero-order valence-electron chi connectivity index (χ0n) is 23.6. The van der Waals surface area contributed by atoms with E-state index in [1.807, 2.05) is 54.2 Å². The Kier molecular flexibility index (Phi) is 6.84. The average Bonchev–Trinajstić information content (AvgIpc) is 3.30. The largest absolute Gasteiger partial charge is 0.465 e. The number of rotatable bonds is 6. The highest BCUT2D eigenvalue weighted by atomic mass is 28.4. The molecule has 9 heteroatoms. The molecule has 0 saturated heterocycles. The van der Waals surface area contributed by atoms with Crippen molar-refractivity contribution in [3.8, 4) is 17.1 Å². The van der Waals surface area contributed by atoms with Crippen LogP contribution in [-0.4, -0.2) is 39.3 Å². The molecule has 1 aromatic carbocycles. The molecular formula is C30H37N5O3Si. The summed E-state index contributed by atoms with van der Waals surface area (Å²) in [5.41, 5.74) is 4.72. The maximum atomic E-state index is 11.5. The second kappa shape index (κ2) is 9.88. The molecule has 0 bridgehead atoms. The van der Waals surface area contributed by atoms with Crippen molar-refractivity contribution >= 4 is 25.3 Å². The van der Waals surface area contributed by atoms with E-state index in [2.05, 4.69) is 56.4 Å². The van der Waals surface area contributed by atoms with Crippen molar-refractivity contribution in [2.75, 3.05) is 0 Å². The van der Waals surface area contributed by atoms with E-state index in [-0.39, 0.29) is 5.04 Å². The van der Waals surface area contributed by atoms with Crippen molar-refractivity contribution in [3.63, 3.8) is 0 Å². The highest BCUT2D eigenvalue weighted by Crippen LogP contribution is 2.37. The molecule has 1 aliphatic carbocycles. The fourth-order valence-corrected chi connectivity index (χ4v) is 5.87. The highest BCUT2D eigenvalue weighted by molar-refractivity contribution is 6.74. The van der Waals surface area contributed by atoms with Crippen molar-refractivity contribution in [2.24, 2.45) is 0 Å². The van der Waals surface area contributed by atoms with Gasteiger partial charge in [0, 0.05) is 10.9 Å². The number of nitrogens with one attached hydrogen (secondary N) is 1. The van der Waals surface area contributed by atoms with Crippen LogP contribution in [0.5, 0.6) is 0 Å². The van der Waals surface area contributed by atoms with Gasteiger partial charge in [0.25, 0.3) is 0 Å². The van der Waals surface area contributed by atoms with Crippen molar-refractivity contribution in [2.45, 2.75) is 77.2 Å². The monoisotopic (exact) mass is 543 g/mol. The van der Waals surface area contributed by atoms with E-state index in [1.54, 1.807) is 0 Å². The normalized spacial score (nSPS) is 17.7. The van der Waals surface area contributed by atoms with Gasteiger partial charge in [0.1, 0.15) is 0 Å². The van der Waals surface area contributed by atoms with Gasteiger partial charge >= 0.3 is 6.09 Å². The number of carbonyl (C=O) groups is 1. The van der Waals surface area contributed by atoms with E-state index >= 15 is 0 Å². The summed E-state index contributed by atoms with van der Waals surface area (Å²) in [4.78, 5) is 21.4. The van der Waals surface area contributed by atoms with Crippen molar-refractivity contribution < 1.29 is 14.3 Å². The summed E-state index contributed by atoms with van der Waals surface area (Å²) in [5.74, 6) is 0.732. The van der Waals surface area contributed by atoms with Crippen LogP contribution in [0, 0.1) is 0 Å². The van der Waals surface area contributed by atoms with Crippen LogP contribution in [0.3, 0.4) is 0 Å². The number of benzene rings is 1. The van der Waals surface area contributed by atoms with Gasteiger partial charge in [-0.1, -0.05) is 45.0 Å². The zero-order valence-corrected chi connectivity index (χ0v) is 24.6. The molecule has 8 nitrogen and oxygen atoms in total. The minimum absolute atomic E-state index is 0.130. The number of hydrogen-bond donors (Lipinski definition) is 2. The predicted octanol–water partition coefficient (Wildman–Crippen LogP) is 6.82. The smallest absolute Gasteiger partial charge is 0.405 e. The molecule has 0 radical (unpaired) electrons. The number of carboxylic acid groups (broad SMARTS) is 1. The maximum absolute atomic E-state index is 11.5. The van der Waals surface area contributed by atoms with E-state index in [0.717, 1.165) is 64.2 Å². The number of hydrogen-bond acceptors (Lipinski definition) is 5. The lowest BCUT2D eigenvalue weighted by atomic mass is 9.81. The lowest BCUT2D eigenvalue weighted by Gasteiger charge is -2.36. The van der Waals surface area contributed by atoms with Crippen molar-refractivity contribution in [1.29, 1.82) is 0 Å². The molecule has 1 unspecified atom stereocenters. The van der Waals surface area contributed by atoms with Gasteiger partial charge in [-0.15, -0.1) is 0 Å². The van der Waals surface area contributed by atoms with E-state index < -0.39 is 19.9 Å². The molecular weight excluding hydrogens is 506 g/mol. The maximum Gasteiger partial charge on any atom is 0.405 e. The molecule has 4 aromatic rings. The molecule has 3 heterocycles. The van der Waals surface area contributed by atoms with Gasteiger partial charge in [0.15, 0.2) is 14.1 Å². The van der Waals surface area contributed by atoms with Crippen LogP contribution in [0.2, 0.25) is 18.1 Å². The van der Waals surface area contributed by atoms with E-state index in [1.165, 1.54) is 0 Å². The van der Waals surface area contributed by atoms with Gasteiger partial charge in [0.05, 0.1) is 40.9 Å². The number of amides is 1. The minimum atomic E-state index is -1.90. The van der Waals surface area contributed by atoms with Gasteiger partial charge in [-0.05, 0) is 74.1 Å². The van der Waals surface area contributed by atoms with Crippen LogP contribution < -0.4 is 5.32 Å². The summed E-state index contributed by atoms with van der Waals surface area (Å²) in [6, 6.07) is 16.2. The van der Waals surface area contributed by atoms with E-state index in [0.29, 0.717) is 6.61 Å². The molecule has 1 aliphatic rings. The van der Waals surface area contributed by atoms with Gasteiger partial charge in [-0.3, -0.25) is 4.98 Å². The molecule has 1 amide bonds. The first-order valence-electron chi connectivity index (χ1n) is 13.5. The zero-order chi connectivity index (χ0) is 28.0. The van der Waals surface area contributed by atoms with E-state index in [4.69, 9.17) is 14.4 Å². The number of fused-ring (bicyclic) bond motifs is 2. The molecule has 5 rings (SSSR count). The first-order valence-corrected chi connectivity index (χ1v) is 16.4. The van der Waals surface area contributed by atoms with Gasteiger partial charge in [-0.2, -0.15) is 5.10 Å². The number of aromatic nitrogens is 4. The Morgan fingerprint density at radius 1 is 1.15 bits per heavy atom. The Bertz CT molecular complexity index is 1540. The highest BCUT2D eigenvalue weighted by Gasteiger charge is 2.37. The lowest BCUT2D eigenvalue weighted by Crippen LogP contribution is -2.45. The average molecular weight is 544 g/mol. The Morgan fingerprint density at radius 2 is 1.95 bits per heavy atom. The fourth-order valence-electron chi connectivity index (χ4n) is 4.93. The number of pyridine rings is 2. The lowest BCUT2D eigenvalue weighted by molar-refractivity contribution is 0.174. The van der Waals surface area contributed by atoms with Crippen LogP contribution in [0.1, 0.15) is 57.5 Å². The van der Waals surface area contributed by atoms with Gasteiger partial charge in [-0.25, -0.2) is 14.5 Å². The fraction of sp³-hybridized carbons (Fsp3) is 0.400. The third-order valence-electron chi connectivity index (χ3n) is 8.27. The summed E-state index contributed by atoms with van der Waals surface area (Å²) in [5, 5.41) is 17.9. The Hall–Kier alpha value is -3.56. The van der Waals surface area contributed by atoms with Crippen LogP contribution >= 0.6 is 0 Å². The molecule has 0 spiro atoms. The molecule has 39 heavy (non-hydrogen) atoms.